The Bertz CT molecular complexity index is 366. The van der Waals surface area contributed by atoms with Crippen LogP contribution < -0.4 is 10.6 Å². The van der Waals surface area contributed by atoms with E-state index in [2.05, 4.69) is 67.0 Å². The van der Waals surface area contributed by atoms with E-state index in [1.54, 1.807) is 0 Å². The largest absolute Gasteiger partial charge is 0.355 e. The molecule has 0 saturated carbocycles. The molecule has 0 radical (unpaired) electrons. The maximum Gasteiger partial charge on any atom is 0.191 e. The van der Waals surface area contributed by atoms with Gasteiger partial charge in [-0.1, -0.05) is 27.7 Å². The average Bonchev–Trinajstić information content (AvgIpc) is 2.55. The zero-order valence-electron chi connectivity index (χ0n) is 17.2. The fourth-order valence-electron chi connectivity index (χ4n) is 3.04. The van der Waals surface area contributed by atoms with Gasteiger partial charge in [0.05, 0.1) is 0 Å². The number of nitrogens with zero attached hydrogens (tertiary/aromatic N) is 3. The molecule has 1 aliphatic heterocycles. The molecule has 142 valence electrons. The van der Waals surface area contributed by atoms with Crippen LogP contribution in [-0.4, -0.2) is 74.2 Å². The highest BCUT2D eigenvalue weighted by molar-refractivity contribution is 5.79. The van der Waals surface area contributed by atoms with E-state index in [4.69, 9.17) is 0 Å². The Labute approximate surface area is 150 Å². The number of hydrogen-bond donors (Lipinski definition) is 2. The Morgan fingerprint density at radius 1 is 1.12 bits per heavy atom. The van der Waals surface area contributed by atoms with E-state index in [9.17, 15) is 0 Å². The number of likely N-dealkylation sites (N-methyl/N-ethyl adjacent to an activating group) is 1. The monoisotopic (exact) mass is 339 g/mol. The van der Waals surface area contributed by atoms with Crippen molar-refractivity contribution in [2.24, 2.45) is 10.4 Å². The minimum absolute atomic E-state index is 0.391. The molecule has 1 heterocycles. The number of hydrogen-bond acceptors (Lipinski definition) is 3. The maximum atomic E-state index is 4.38. The third kappa shape index (κ3) is 8.34. The van der Waals surface area contributed by atoms with Crippen molar-refractivity contribution < 1.29 is 0 Å². The Kier molecular flexibility index (Phi) is 9.06. The molecule has 0 aliphatic carbocycles. The fraction of sp³-hybridized carbons (Fsp3) is 0.947. The molecule has 0 aromatic carbocycles. The summed E-state index contributed by atoms with van der Waals surface area (Å²) in [5.41, 5.74) is 0.391. The summed E-state index contributed by atoms with van der Waals surface area (Å²) in [6.45, 7) is 20.5. The van der Waals surface area contributed by atoms with E-state index in [1.165, 1.54) is 45.6 Å². The molecule has 0 spiro atoms. The lowest BCUT2D eigenvalue weighted by Gasteiger charge is -2.37. The van der Waals surface area contributed by atoms with Gasteiger partial charge in [0.25, 0.3) is 0 Å². The van der Waals surface area contributed by atoms with Gasteiger partial charge in [0.1, 0.15) is 0 Å². The van der Waals surface area contributed by atoms with Crippen LogP contribution in [0.5, 0.6) is 0 Å². The molecule has 5 nitrogen and oxygen atoms in total. The summed E-state index contributed by atoms with van der Waals surface area (Å²) in [6, 6.07) is 0.978. The first kappa shape index (κ1) is 21.2. The zero-order valence-corrected chi connectivity index (χ0v) is 17.2. The van der Waals surface area contributed by atoms with Gasteiger partial charge in [0.15, 0.2) is 5.96 Å². The SMILES string of the molecule is CCN1CCN(C(C)CNC(=NC)NC(C)CCC(C)(C)C)CC1. The number of piperazine rings is 1. The van der Waals surface area contributed by atoms with Crippen LogP contribution in [0.3, 0.4) is 0 Å². The topological polar surface area (TPSA) is 42.9 Å². The first-order chi connectivity index (χ1) is 11.2. The van der Waals surface area contributed by atoms with Crippen molar-refractivity contribution in [3.8, 4) is 0 Å². The van der Waals surface area contributed by atoms with E-state index in [0.717, 1.165) is 12.5 Å². The van der Waals surface area contributed by atoms with Gasteiger partial charge >= 0.3 is 0 Å². The molecule has 1 fully saturated rings. The first-order valence-corrected chi connectivity index (χ1v) is 9.68. The molecule has 0 aromatic heterocycles. The molecular formula is C19H41N5. The standard InChI is InChI=1S/C19H41N5/c1-8-23-11-13-24(14-12-23)17(3)15-21-18(20-7)22-16(2)9-10-19(4,5)6/h16-17H,8-15H2,1-7H3,(H2,20,21,22). The zero-order chi connectivity index (χ0) is 18.2. The minimum Gasteiger partial charge on any atom is -0.355 e. The second-order valence-electron chi connectivity index (χ2n) is 8.42. The van der Waals surface area contributed by atoms with Crippen molar-refractivity contribution in [2.45, 2.75) is 66.5 Å². The number of aliphatic imine (C=N–C) groups is 1. The first-order valence-electron chi connectivity index (χ1n) is 9.68. The third-order valence-corrected chi connectivity index (χ3v) is 4.98. The Morgan fingerprint density at radius 2 is 1.75 bits per heavy atom. The van der Waals surface area contributed by atoms with Crippen molar-refractivity contribution in [2.75, 3.05) is 46.3 Å². The van der Waals surface area contributed by atoms with E-state index in [-0.39, 0.29) is 0 Å². The highest BCUT2D eigenvalue weighted by atomic mass is 15.3. The van der Waals surface area contributed by atoms with Crippen LogP contribution in [0.4, 0.5) is 0 Å². The second-order valence-corrected chi connectivity index (χ2v) is 8.42. The van der Waals surface area contributed by atoms with Crippen LogP contribution in [0, 0.1) is 5.41 Å². The lowest BCUT2D eigenvalue weighted by molar-refractivity contribution is 0.107. The number of guanidine groups is 1. The van der Waals surface area contributed by atoms with Crippen molar-refractivity contribution in [3.05, 3.63) is 0 Å². The summed E-state index contributed by atoms with van der Waals surface area (Å²) in [6.07, 6.45) is 2.38. The van der Waals surface area contributed by atoms with Gasteiger partial charge in [-0.2, -0.15) is 0 Å². The maximum absolute atomic E-state index is 4.38. The summed E-state index contributed by atoms with van der Waals surface area (Å²) >= 11 is 0. The Balaban J connectivity index is 2.30. The number of rotatable bonds is 7. The van der Waals surface area contributed by atoms with E-state index in [0.29, 0.717) is 17.5 Å². The fourth-order valence-corrected chi connectivity index (χ4v) is 3.04. The summed E-state index contributed by atoms with van der Waals surface area (Å²) in [5.74, 6) is 0.926. The highest BCUT2D eigenvalue weighted by Gasteiger charge is 2.20. The average molecular weight is 340 g/mol. The molecule has 1 aliphatic rings. The Morgan fingerprint density at radius 3 is 2.25 bits per heavy atom. The van der Waals surface area contributed by atoms with Crippen LogP contribution in [-0.2, 0) is 0 Å². The number of nitrogens with one attached hydrogen (secondary N) is 2. The molecular weight excluding hydrogens is 298 g/mol. The quantitative estimate of drug-likeness (QED) is 0.552. The predicted octanol–water partition coefficient (Wildman–Crippen LogP) is 2.39. The predicted molar refractivity (Wildman–Crippen MR) is 106 cm³/mol. The summed E-state index contributed by atoms with van der Waals surface area (Å²) in [5, 5.41) is 7.03. The van der Waals surface area contributed by atoms with Gasteiger partial charge in [-0.05, 0) is 38.6 Å². The van der Waals surface area contributed by atoms with Gasteiger partial charge in [-0.25, -0.2) is 0 Å². The van der Waals surface area contributed by atoms with Gasteiger partial charge in [-0.15, -0.1) is 0 Å². The lowest BCUT2D eigenvalue weighted by atomic mass is 9.89. The summed E-state index contributed by atoms with van der Waals surface area (Å²) in [7, 11) is 1.86. The molecule has 1 rings (SSSR count). The molecule has 2 N–H and O–H groups in total. The summed E-state index contributed by atoms with van der Waals surface area (Å²) < 4.78 is 0. The van der Waals surface area contributed by atoms with Crippen molar-refractivity contribution in [1.29, 1.82) is 0 Å². The van der Waals surface area contributed by atoms with Crippen LogP contribution >= 0.6 is 0 Å². The van der Waals surface area contributed by atoms with Crippen LogP contribution in [0.15, 0.2) is 4.99 Å². The second kappa shape index (κ2) is 10.2. The Hall–Kier alpha value is -0.810. The lowest BCUT2D eigenvalue weighted by Crippen LogP contribution is -2.53. The van der Waals surface area contributed by atoms with Gasteiger partial charge in [0, 0.05) is 51.9 Å². The molecule has 0 amide bonds. The molecule has 5 heteroatoms. The smallest absolute Gasteiger partial charge is 0.191 e. The van der Waals surface area contributed by atoms with E-state index < -0.39 is 0 Å². The molecule has 2 atom stereocenters. The van der Waals surface area contributed by atoms with Crippen LogP contribution in [0.2, 0.25) is 0 Å². The van der Waals surface area contributed by atoms with Gasteiger partial charge < -0.3 is 15.5 Å². The highest BCUT2D eigenvalue weighted by Crippen LogP contribution is 2.21. The molecule has 2 unspecified atom stereocenters. The van der Waals surface area contributed by atoms with Crippen molar-refractivity contribution in [3.63, 3.8) is 0 Å². The van der Waals surface area contributed by atoms with Crippen molar-refractivity contribution in [1.82, 2.24) is 20.4 Å². The van der Waals surface area contributed by atoms with Crippen molar-refractivity contribution >= 4 is 5.96 Å². The summed E-state index contributed by atoms with van der Waals surface area (Å²) in [4.78, 5) is 9.48. The third-order valence-electron chi connectivity index (χ3n) is 4.98. The molecule has 0 bridgehead atoms. The van der Waals surface area contributed by atoms with Gasteiger partial charge in [0.2, 0.25) is 0 Å². The van der Waals surface area contributed by atoms with E-state index in [1.807, 2.05) is 7.05 Å². The van der Waals surface area contributed by atoms with Crippen LogP contribution in [0.1, 0.15) is 54.4 Å². The molecule has 24 heavy (non-hydrogen) atoms. The molecule has 1 saturated heterocycles. The normalized spacial score (nSPS) is 20.7. The minimum atomic E-state index is 0.391. The van der Waals surface area contributed by atoms with Crippen LogP contribution in [0.25, 0.3) is 0 Å². The molecule has 0 aromatic rings. The van der Waals surface area contributed by atoms with E-state index >= 15 is 0 Å². The van der Waals surface area contributed by atoms with Gasteiger partial charge in [-0.3, -0.25) is 9.89 Å².